The van der Waals surface area contributed by atoms with E-state index in [9.17, 15) is 0 Å². The highest BCUT2D eigenvalue weighted by atomic mass is 16.5. The first-order valence-electron chi connectivity index (χ1n) is 8.24. The quantitative estimate of drug-likeness (QED) is 0.852. The first-order chi connectivity index (χ1) is 11.3. The Balaban J connectivity index is 1.44. The van der Waals surface area contributed by atoms with Crippen LogP contribution >= 0.6 is 0 Å². The molecule has 0 aromatic carbocycles. The van der Waals surface area contributed by atoms with Crippen LogP contribution in [0.4, 0.5) is 0 Å². The van der Waals surface area contributed by atoms with Gasteiger partial charge in [-0.25, -0.2) is 0 Å². The summed E-state index contributed by atoms with van der Waals surface area (Å²) in [6.07, 6.45) is 4.87. The molecule has 0 radical (unpaired) electrons. The number of morpholine rings is 1. The highest BCUT2D eigenvalue weighted by Crippen LogP contribution is 2.25. The fourth-order valence-electron chi connectivity index (χ4n) is 3.18. The Morgan fingerprint density at radius 3 is 3.17 bits per heavy atom. The van der Waals surface area contributed by atoms with Crippen LogP contribution in [0, 0.1) is 0 Å². The van der Waals surface area contributed by atoms with Gasteiger partial charge < -0.3 is 14.0 Å². The Kier molecular flexibility index (Phi) is 4.15. The molecule has 1 saturated heterocycles. The van der Waals surface area contributed by atoms with Gasteiger partial charge in [-0.15, -0.1) is 0 Å². The third-order valence-corrected chi connectivity index (χ3v) is 4.54. The van der Waals surface area contributed by atoms with Gasteiger partial charge in [0.1, 0.15) is 11.5 Å². The Morgan fingerprint density at radius 2 is 2.30 bits per heavy atom. The summed E-state index contributed by atoms with van der Waals surface area (Å²) in [6, 6.07) is 0. The molecule has 1 fully saturated rings. The molecule has 0 saturated carbocycles. The molecular formula is C16H22N4O3. The first kappa shape index (κ1) is 14.9. The van der Waals surface area contributed by atoms with E-state index in [0.717, 1.165) is 68.4 Å². The van der Waals surface area contributed by atoms with E-state index in [1.54, 1.807) is 0 Å². The van der Waals surface area contributed by atoms with Crippen molar-refractivity contribution in [3.05, 3.63) is 35.0 Å². The number of nitrogens with zero attached hydrogens (tertiary/aromatic N) is 4. The first-order valence-corrected chi connectivity index (χ1v) is 8.24. The zero-order valence-corrected chi connectivity index (χ0v) is 13.4. The van der Waals surface area contributed by atoms with Crippen LogP contribution in [-0.2, 0) is 35.6 Å². The number of aryl methyl sites for hydroxylation is 1. The maximum Gasteiger partial charge on any atom is 0.144 e. The summed E-state index contributed by atoms with van der Waals surface area (Å²) in [4.78, 5) is 2.37. The van der Waals surface area contributed by atoms with Crippen molar-refractivity contribution in [1.82, 2.24) is 19.8 Å². The molecule has 7 nitrogen and oxygen atoms in total. The summed E-state index contributed by atoms with van der Waals surface area (Å²) in [5.41, 5.74) is 3.28. The second kappa shape index (κ2) is 6.43. The molecule has 2 aliphatic heterocycles. The van der Waals surface area contributed by atoms with Gasteiger partial charge in [0.2, 0.25) is 0 Å². The van der Waals surface area contributed by atoms with E-state index in [-0.39, 0.29) is 6.10 Å². The van der Waals surface area contributed by atoms with Crippen LogP contribution in [0.15, 0.2) is 16.9 Å². The van der Waals surface area contributed by atoms with Crippen molar-refractivity contribution in [2.75, 3.05) is 26.3 Å². The van der Waals surface area contributed by atoms with Gasteiger partial charge in [0.25, 0.3) is 0 Å². The lowest BCUT2D eigenvalue weighted by Gasteiger charge is -2.32. The van der Waals surface area contributed by atoms with Crippen molar-refractivity contribution in [1.29, 1.82) is 0 Å². The highest BCUT2D eigenvalue weighted by Gasteiger charge is 2.26. The third-order valence-electron chi connectivity index (χ3n) is 4.54. The molecule has 0 bridgehead atoms. The van der Waals surface area contributed by atoms with E-state index in [0.29, 0.717) is 6.61 Å². The normalized spacial score (nSPS) is 22.2. The Hall–Kier alpha value is -1.70. The number of hydrogen-bond donors (Lipinski definition) is 0. The van der Waals surface area contributed by atoms with Crippen molar-refractivity contribution in [3.63, 3.8) is 0 Å². The van der Waals surface area contributed by atoms with Gasteiger partial charge in [-0.05, 0) is 6.92 Å². The van der Waals surface area contributed by atoms with Gasteiger partial charge in [-0.3, -0.25) is 9.58 Å². The van der Waals surface area contributed by atoms with E-state index in [1.165, 1.54) is 0 Å². The lowest BCUT2D eigenvalue weighted by Crippen LogP contribution is -2.38. The van der Waals surface area contributed by atoms with Crippen LogP contribution in [-0.4, -0.2) is 46.1 Å². The van der Waals surface area contributed by atoms with Crippen LogP contribution in [0.1, 0.15) is 35.6 Å². The van der Waals surface area contributed by atoms with Crippen molar-refractivity contribution in [2.24, 2.45) is 0 Å². The Bertz CT molecular complexity index is 666. The standard InChI is InChI=1S/C16H22N4O3/c1-2-20-8-12(7-17-20)16-10-19(4-6-22-16)9-14-13-11-21-5-3-15(13)23-18-14/h7-8,16H,2-6,9-11H2,1H3. The average molecular weight is 318 g/mol. The topological polar surface area (TPSA) is 65.6 Å². The second-order valence-corrected chi connectivity index (χ2v) is 6.06. The zero-order valence-electron chi connectivity index (χ0n) is 13.4. The van der Waals surface area contributed by atoms with Crippen molar-refractivity contribution in [3.8, 4) is 0 Å². The number of hydrogen-bond acceptors (Lipinski definition) is 6. The summed E-state index contributed by atoms with van der Waals surface area (Å²) in [5, 5.41) is 8.60. The Labute approximate surface area is 135 Å². The summed E-state index contributed by atoms with van der Waals surface area (Å²) in [5.74, 6) is 0.986. The molecule has 4 heterocycles. The summed E-state index contributed by atoms with van der Waals surface area (Å²) < 4.78 is 18.8. The summed E-state index contributed by atoms with van der Waals surface area (Å²) in [6.45, 7) is 7.55. The van der Waals surface area contributed by atoms with Crippen LogP contribution in [0.2, 0.25) is 0 Å². The van der Waals surface area contributed by atoms with Crippen molar-refractivity contribution in [2.45, 2.75) is 39.1 Å². The lowest BCUT2D eigenvalue weighted by molar-refractivity contribution is -0.0337. The third kappa shape index (κ3) is 3.04. The molecule has 0 aliphatic carbocycles. The molecule has 1 atom stereocenters. The van der Waals surface area contributed by atoms with E-state index >= 15 is 0 Å². The number of aromatic nitrogens is 3. The van der Waals surface area contributed by atoms with E-state index in [2.05, 4.69) is 28.3 Å². The fraction of sp³-hybridized carbons (Fsp3) is 0.625. The molecule has 4 rings (SSSR count). The second-order valence-electron chi connectivity index (χ2n) is 6.06. The van der Waals surface area contributed by atoms with E-state index in [1.807, 2.05) is 10.9 Å². The maximum atomic E-state index is 5.92. The molecular weight excluding hydrogens is 296 g/mol. The molecule has 2 aliphatic rings. The number of ether oxygens (including phenoxy) is 2. The minimum atomic E-state index is 0.0722. The predicted octanol–water partition coefficient (Wildman–Crippen LogP) is 1.54. The average Bonchev–Trinajstić information content (AvgIpc) is 3.23. The van der Waals surface area contributed by atoms with Gasteiger partial charge >= 0.3 is 0 Å². The summed E-state index contributed by atoms with van der Waals surface area (Å²) in [7, 11) is 0. The zero-order chi connectivity index (χ0) is 15.6. The smallest absolute Gasteiger partial charge is 0.144 e. The van der Waals surface area contributed by atoms with Crippen molar-refractivity contribution >= 4 is 0 Å². The molecule has 0 N–H and O–H groups in total. The number of rotatable bonds is 4. The lowest BCUT2D eigenvalue weighted by atomic mass is 10.1. The predicted molar refractivity (Wildman–Crippen MR) is 81.7 cm³/mol. The molecule has 2 aromatic heterocycles. The van der Waals surface area contributed by atoms with Gasteiger partial charge in [0.05, 0.1) is 32.1 Å². The molecule has 124 valence electrons. The largest absolute Gasteiger partial charge is 0.376 e. The molecule has 0 spiro atoms. The molecule has 23 heavy (non-hydrogen) atoms. The van der Waals surface area contributed by atoms with Gasteiger partial charge in [-0.2, -0.15) is 5.10 Å². The highest BCUT2D eigenvalue weighted by molar-refractivity contribution is 5.24. The SMILES string of the molecule is CCn1cc(C2CN(Cc3noc4c3COCC4)CCO2)cn1. The van der Waals surface area contributed by atoms with Crippen LogP contribution in [0.3, 0.4) is 0 Å². The van der Waals surface area contributed by atoms with Gasteiger partial charge in [-0.1, -0.05) is 5.16 Å². The fourth-order valence-corrected chi connectivity index (χ4v) is 3.18. The van der Waals surface area contributed by atoms with Crippen LogP contribution in [0.25, 0.3) is 0 Å². The summed E-state index contributed by atoms with van der Waals surface area (Å²) >= 11 is 0. The Morgan fingerprint density at radius 1 is 1.35 bits per heavy atom. The van der Waals surface area contributed by atoms with Crippen molar-refractivity contribution < 1.29 is 14.0 Å². The molecule has 2 aromatic rings. The molecule has 0 amide bonds. The van der Waals surface area contributed by atoms with Gasteiger partial charge in [0.15, 0.2) is 0 Å². The minimum absolute atomic E-state index is 0.0722. The van der Waals surface area contributed by atoms with Crippen LogP contribution < -0.4 is 0 Å². The molecule has 7 heteroatoms. The van der Waals surface area contributed by atoms with E-state index < -0.39 is 0 Å². The van der Waals surface area contributed by atoms with Gasteiger partial charge in [0, 0.05) is 49.9 Å². The monoisotopic (exact) mass is 318 g/mol. The number of fused-ring (bicyclic) bond motifs is 1. The maximum absolute atomic E-state index is 5.92. The molecule has 1 unspecified atom stereocenters. The van der Waals surface area contributed by atoms with Crippen LogP contribution in [0.5, 0.6) is 0 Å². The van der Waals surface area contributed by atoms with E-state index in [4.69, 9.17) is 14.0 Å². The minimum Gasteiger partial charge on any atom is -0.376 e.